The van der Waals surface area contributed by atoms with E-state index < -0.39 is 18.0 Å². The van der Waals surface area contributed by atoms with Crippen LogP contribution in [0.5, 0.6) is 0 Å². The van der Waals surface area contributed by atoms with Gasteiger partial charge in [-0.25, -0.2) is 4.79 Å². The van der Waals surface area contributed by atoms with Gasteiger partial charge in [0.2, 0.25) is 11.8 Å². The molecule has 0 spiro atoms. The van der Waals surface area contributed by atoms with Crippen molar-refractivity contribution in [2.24, 2.45) is 17.6 Å². The van der Waals surface area contributed by atoms with Gasteiger partial charge >= 0.3 is 5.97 Å². The lowest BCUT2D eigenvalue weighted by molar-refractivity contribution is -0.163. The Balaban J connectivity index is 2.24. The molecular formula is C16H25N3O5S. The Morgan fingerprint density at radius 2 is 2.12 bits per heavy atom. The van der Waals surface area contributed by atoms with Crippen molar-refractivity contribution in [3.05, 3.63) is 10.6 Å². The minimum Gasteiger partial charge on any atom is -0.477 e. The molecule has 1 fully saturated rings. The smallest absolute Gasteiger partial charge is 0.353 e. The summed E-state index contributed by atoms with van der Waals surface area (Å²) in [6.07, 6.45) is 0.541. The van der Waals surface area contributed by atoms with Crippen molar-refractivity contribution in [2.45, 2.75) is 38.8 Å². The predicted molar refractivity (Wildman–Crippen MR) is 93.4 cm³/mol. The van der Waals surface area contributed by atoms with Gasteiger partial charge in [-0.2, -0.15) is 0 Å². The highest BCUT2D eigenvalue weighted by atomic mass is 32.2. The maximum atomic E-state index is 12.4. The summed E-state index contributed by atoms with van der Waals surface area (Å²) in [6.45, 7) is 3.87. The molecule has 2 amide bonds. The minimum absolute atomic E-state index is 0.0155. The molecule has 0 aliphatic carbocycles. The molecule has 2 heterocycles. The van der Waals surface area contributed by atoms with Gasteiger partial charge in [0, 0.05) is 30.0 Å². The van der Waals surface area contributed by atoms with E-state index in [0.29, 0.717) is 36.6 Å². The number of carboxylic acid groups (broad SMARTS) is 1. The molecule has 2 aliphatic rings. The number of thioether (sulfide) groups is 1. The first-order valence-electron chi connectivity index (χ1n) is 8.37. The van der Waals surface area contributed by atoms with Crippen molar-refractivity contribution in [2.75, 3.05) is 18.8 Å². The Labute approximate surface area is 150 Å². The first-order valence-corrected chi connectivity index (χ1v) is 9.35. The number of hydrogen-bond donors (Lipinski definition) is 4. The maximum absolute atomic E-state index is 12.4. The van der Waals surface area contributed by atoms with Crippen LogP contribution in [0.4, 0.5) is 0 Å². The maximum Gasteiger partial charge on any atom is 0.353 e. The van der Waals surface area contributed by atoms with Crippen LogP contribution in [0.2, 0.25) is 0 Å². The number of carboxylic acids is 1. The zero-order valence-corrected chi connectivity index (χ0v) is 15.2. The number of carbonyl (C=O) groups is 3. The van der Waals surface area contributed by atoms with Gasteiger partial charge in [0.25, 0.3) is 0 Å². The third-order valence-electron chi connectivity index (χ3n) is 4.59. The van der Waals surface area contributed by atoms with Crippen LogP contribution in [0, 0.1) is 11.8 Å². The van der Waals surface area contributed by atoms with E-state index in [9.17, 15) is 24.6 Å². The summed E-state index contributed by atoms with van der Waals surface area (Å²) in [4.78, 5) is 37.1. The molecule has 0 saturated carbocycles. The molecule has 0 unspecified atom stereocenters. The lowest BCUT2D eigenvalue weighted by Gasteiger charge is -2.47. The van der Waals surface area contributed by atoms with Gasteiger partial charge in [-0.15, -0.1) is 11.8 Å². The van der Waals surface area contributed by atoms with E-state index in [-0.39, 0.29) is 29.5 Å². The Morgan fingerprint density at radius 1 is 1.44 bits per heavy atom. The molecule has 5 N–H and O–H groups in total. The quantitative estimate of drug-likeness (QED) is 0.324. The van der Waals surface area contributed by atoms with E-state index >= 15 is 0 Å². The highest BCUT2D eigenvalue weighted by Gasteiger charge is 2.60. The molecule has 25 heavy (non-hydrogen) atoms. The van der Waals surface area contributed by atoms with E-state index in [1.165, 1.54) is 23.6 Å². The number of nitrogens with one attached hydrogen (secondary N) is 1. The number of carbonyl (C=O) groups excluding carboxylic acids is 2. The number of aliphatic hydroxyl groups is 1. The van der Waals surface area contributed by atoms with Crippen LogP contribution in [0.15, 0.2) is 10.6 Å². The lowest BCUT2D eigenvalue weighted by atomic mass is 9.77. The van der Waals surface area contributed by atoms with Crippen LogP contribution < -0.4 is 11.1 Å². The van der Waals surface area contributed by atoms with Gasteiger partial charge in [-0.3, -0.25) is 9.59 Å². The average molecular weight is 371 g/mol. The molecule has 1 saturated heterocycles. The second-order valence-corrected chi connectivity index (χ2v) is 7.49. The third kappa shape index (κ3) is 3.83. The van der Waals surface area contributed by atoms with Crippen LogP contribution in [-0.2, 0) is 14.4 Å². The minimum atomic E-state index is -1.14. The first-order chi connectivity index (χ1) is 11.8. The number of amides is 2. The molecule has 0 aromatic rings. The zero-order chi connectivity index (χ0) is 18.7. The highest BCUT2D eigenvalue weighted by molar-refractivity contribution is 8.03. The number of aliphatic hydroxyl groups excluding tert-OH is 1. The van der Waals surface area contributed by atoms with E-state index in [1.54, 1.807) is 6.92 Å². The molecule has 4 atom stereocenters. The van der Waals surface area contributed by atoms with Gasteiger partial charge in [0.1, 0.15) is 5.70 Å². The molecule has 140 valence electrons. The third-order valence-corrected chi connectivity index (χ3v) is 5.80. The van der Waals surface area contributed by atoms with Crippen molar-refractivity contribution >= 4 is 29.5 Å². The molecular weight excluding hydrogens is 346 g/mol. The van der Waals surface area contributed by atoms with E-state index in [0.717, 1.165) is 0 Å². The van der Waals surface area contributed by atoms with Gasteiger partial charge < -0.3 is 26.2 Å². The fraction of sp³-hybridized carbons (Fsp3) is 0.688. The fourth-order valence-corrected chi connectivity index (χ4v) is 4.79. The van der Waals surface area contributed by atoms with Gasteiger partial charge in [-0.1, -0.05) is 0 Å². The number of rotatable bonds is 9. The average Bonchev–Trinajstić information content (AvgIpc) is 2.79. The van der Waals surface area contributed by atoms with Gasteiger partial charge in [0.05, 0.1) is 18.1 Å². The summed E-state index contributed by atoms with van der Waals surface area (Å²) >= 11 is 1.35. The Hall–Kier alpha value is -1.58. The van der Waals surface area contributed by atoms with E-state index in [1.807, 2.05) is 0 Å². The summed E-state index contributed by atoms with van der Waals surface area (Å²) in [7, 11) is 0. The van der Waals surface area contributed by atoms with Crippen molar-refractivity contribution < 1.29 is 24.6 Å². The zero-order valence-electron chi connectivity index (χ0n) is 14.4. The van der Waals surface area contributed by atoms with Crippen LogP contribution in [0.25, 0.3) is 0 Å². The Bertz CT molecular complexity index is 592. The van der Waals surface area contributed by atoms with Crippen molar-refractivity contribution in [3.8, 4) is 0 Å². The molecule has 0 bridgehead atoms. The second-order valence-electron chi connectivity index (χ2n) is 6.35. The van der Waals surface area contributed by atoms with E-state index in [4.69, 9.17) is 5.73 Å². The number of β-lactam (4-membered cyclic amide) rings is 1. The molecule has 0 aromatic heterocycles. The van der Waals surface area contributed by atoms with Crippen LogP contribution >= 0.6 is 11.8 Å². The SMILES string of the molecule is CC(=O)NCCSC1=C(C(=O)O)N2C(=O)[C@H]([C@@H](C)O)[C@H]2[C@H]1CCCN. The van der Waals surface area contributed by atoms with Crippen molar-refractivity contribution in [1.29, 1.82) is 0 Å². The Kier molecular flexibility index (Phi) is 6.47. The molecule has 0 aromatic carbocycles. The lowest BCUT2D eigenvalue weighted by Crippen LogP contribution is -2.63. The number of fused-ring (bicyclic) bond motifs is 1. The fourth-order valence-electron chi connectivity index (χ4n) is 3.57. The largest absolute Gasteiger partial charge is 0.477 e. The standard InChI is InChI=1S/C16H25N3O5S/c1-8(20)11-12-10(4-3-5-17)14(25-7-6-18-9(2)21)13(16(23)24)19(12)15(11)22/h8,10-12,20H,3-7,17H2,1-2H3,(H,18,21)(H,23,24)/t8-,10-,11-,12-/m1/s1. The van der Waals surface area contributed by atoms with Crippen molar-refractivity contribution in [1.82, 2.24) is 10.2 Å². The Morgan fingerprint density at radius 3 is 2.64 bits per heavy atom. The molecule has 9 heteroatoms. The van der Waals surface area contributed by atoms with Crippen LogP contribution in [0.3, 0.4) is 0 Å². The summed E-state index contributed by atoms with van der Waals surface area (Å²) < 4.78 is 0. The molecule has 0 radical (unpaired) electrons. The number of nitrogens with two attached hydrogens (primary N) is 1. The van der Waals surface area contributed by atoms with Crippen molar-refractivity contribution in [3.63, 3.8) is 0 Å². The summed E-state index contributed by atoms with van der Waals surface area (Å²) in [6, 6.07) is -0.326. The summed E-state index contributed by atoms with van der Waals surface area (Å²) in [5.74, 6) is -1.83. The molecule has 2 aliphatic heterocycles. The number of hydrogen-bond acceptors (Lipinski definition) is 6. The van der Waals surface area contributed by atoms with Gasteiger partial charge in [0.15, 0.2) is 0 Å². The highest BCUT2D eigenvalue weighted by Crippen LogP contribution is 2.52. The van der Waals surface area contributed by atoms with Crippen LogP contribution in [0.1, 0.15) is 26.7 Å². The topological polar surface area (TPSA) is 133 Å². The monoisotopic (exact) mass is 371 g/mol. The number of aliphatic carboxylic acids is 1. The summed E-state index contributed by atoms with van der Waals surface area (Å²) in [5.41, 5.74) is 5.62. The van der Waals surface area contributed by atoms with Crippen LogP contribution in [-0.4, -0.2) is 63.9 Å². The molecule has 8 nitrogen and oxygen atoms in total. The molecule has 2 rings (SSSR count). The normalized spacial score (nSPS) is 26.3. The first kappa shape index (κ1) is 19.7. The predicted octanol–water partition coefficient (Wildman–Crippen LogP) is -0.272. The van der Waals surface area contributed by atoms with E-state index in [2.05, 4.69) is 5.32 Å². The summed E-state index contributed by atoms with van der Waals surface area (Å²) in [5, 5.41) is 22.2. The van der Waals surface area contributed by atoms with Gasteiger partial charge in [-0.05, 0) is 26.3 Å². The second kappa shape index (κ2) is 8.20. The number of nitrogens with zero attached hydrogens (tertiary/aromatic N) is 1.